The van der Waals surface area contributed by atoms with E-state index in [1.54, 1.807) is 0 Å². The lowest BCUT2D eigenvalue weighted by Gasteiger charge is -2.24. The van der Waals surface area contributed by atoms with Crippen LogP contribution in [0.25, 0.3) is 205 Å². The maximum Gasteiger partial charge on any atom is 0.164 e. The van der Waals surface area contributed by atoms with E-state index in [4.69, 9.17) is 14.4 Å². The van der Waals surface area contributed by atoms with Gasteiger partial charge < -0.3 is 18.1 Å². The monoisotopic (exact) mass is 1370 g/mol. The fourth-order valence-corrected chi connectivity index (χ4v) is 16.6. The maximum absolute atomic E-state index is 13.2. The summed E-state index contributed by atoms with van der Waals surface area (Å²) in [4.78, 5) is 11.0. The highest BCUT2D eigenvalue weighted by Gasteiger charge is 2.35. The van der Waals surface area contributed by atoms with Crippen molar-refractivity contribution in [2.24, 2.45) is 0 Å². The molecule has 0 aliphatic rings. The lowest BCUT2D eigenvalue weighted by Crippen LogP contribution is -2.12. The van der Waals surface area contributed by atoms with Crippen molar-refractivity contribution in [3.8, 4) is 124 Å². The van der Waals surface area contributed by atoms with Gasteiger partial charge in [-0.2, -0.15) is 5.26 Å². The molecule has 0 radical (unpaired) electrons. The van der Waals surface area contributed by atoms with Crippen LogP contribution in [-0.2, 0) is 0 Å². The van der Waals surface area contributed by atoms with Gasteiger partial charge in [0, 0.05) is 48.8 Å². The minimum absolute atomic E-state index is 0.428. The molecule has 7 nitrogen and oxygen atoms in total. The molecule has 0 amide bonds. The summed E-state index contributed by atoms with van der Waals surface area (Å²) in [6.07, 6.45) is 0. The van der Waals surface area contributed by atoms with Gasteiger partial charge in [0.05, 0.1) is 72.4 Å². The first-order chi connectivity index (χ1) is 53.5. The van der Waals surface area contributed by atoms with E-state index < -0.39 is 0 Å². The second-order valence-corrected chi connectivity index (χ2v) is 27.8. The Bertz CT molecular complexity index is 6830. The molecule has 502 valence electrons. The molecule has 0 bridgehead atoms. The van der Waals surface area contributed by atoms with E-state index in [1.165, 1.54) is 0 Å². The van der Waals surface area contributed by atoms with Gasteiger partial charge in [0.1, 0.15) is 17.3 Å². The van der Waals surface area contributed by atoms with E-state index >= 15 is 0 Å². The molecule has 0 N–H and O–H groups in total. The first-order valence-electron chi connectivity index (χ1n) is 36.6. The molecule has 0 aliphatic carbocycles. The number of hydrogen-bond acceptors (Lipinski definition) is 4. The zero-order valence-electron chi connectivity index (χ0n) is 58.4. The van der Waals surface area contributed by atoms with Crippen molar-refractivity contribution in [2.45, 2.75) is 0 Å². The quantitative estimate of drug-likeness (QED) is 0.122. The molecule has 5 aromatic heterocycles. The number of hydrogen-bond donors (Lipinski definition) is 0. The van der Waals surface area contributed by atoms with Crippen LogP contribution in [0.2, 0.25) is 0 Å². The van der Waals surface area contributed by atoms with Crippen LogP contribution >= 0.6 is 0 Å². The Morgan fingerprint density at radius 3 is 0.806 bits per heavy atom. The average Bonchev–Trinajstić information content (AvgIpc) is 1.51. The molecule has 108 heavy (non-hydrogen) atoms. The highest BCUT2D eigenvalue weighted by Crippen LogP contribution is 2.52. The molecule has 7 heteroatoms. The second-order valence-electron chi connectivity index (χ2n) is 27.8. The predicted molar refractivity (Wildman–Crippen MR) is 446 cm³/mol. The van der Waals surface area contributed by atoms with Crippen LogP contribution in [0.1, 0.15) is 5.56 Å². The van der Waals surface area contributed by atoms with Gasteiger partial charge in [-0.25, -0.2) is 9.97 Å². The van der Waals surface area contributed by atoms with Gasteiger partial charge in [0.15, 0.2) is 11.4 Å². The average molecular weight is 1380 g/mol. The summed E-state index contributed by atoms with van der Waals surface area (Å²) in [7, 11) is 0. The van der Waals surface area contributed by atoms with Gasteiger partial charge in [0.25, 0.3) is 0 Å². The molecular formula is C101H62N6O. The van der Waals surface area contributed by atoms with Crippen LogP contribution in [0.3, 0.4) is 0 Å². The summed E-state index contributed by atoms with van der Waals surface area (Å²) in [6.45, 7) is 0. The Labute approximate surface area is 622 Å². The summed E-state index contributed by atoms with van der Waals surface area (Å²) in [5.41, 5.74) is 26.5. The second kappa shape index (κ2) is 25.3. The predicted octanol–water partition coefficient (Wildman–Crippen LogP) is 26.5. The fourth-order valence-electron chi connectivity index (χ4n) is 16.6. The number of furan rings is 1. The number of nitrogens with zero attached hydrogens (tertiary/aromatic N) is 6. The number of aromatic nitrogens is 5. The largest absolute Gasteiger partial charge is 0.453 e. The maximum atomic E-state index is 13.2. The standard InChI is InChI=1S/C101H62N6O/c102-63-86-95-78-42-25-43-79(101-103-87(70-38-21-7-22-39-70)62-88(104-101)71-40-23-8-24-41-71)99(78)108-100(95)98(107-93-54-48-76(68-34-17-5-18-35-68)60-84(93)85-61-77(49-55-94(85)107)69-36-19-6-20-37-69)97(106-91-52-46-74(66-30-13-3-14-31-66)58-82(91)83-59-75(47-53-92(83)106)67-32-15-4-16-33-67)96(86)105-89-50-44-72(64-26-9-1-10-27-64)56-80(89)81-57-73(45-51-90(81)105)65-28-11-2-12-29-65/h1-62H. The van der Waals surface area contributed by atoms with Crippen LogP contribution in [0.5, 0.6) is 0 Å². The Morgan fingerprint density at radius 2 is 0.509 bits per heavy atom. The molecule has 0 fully saturated rings. The third-order valence-electron chi connectivity index (χ3n) is 21.7. The minimum Gasteiger partial charge on any atom is -0.453 e. The zero-order chi connectivity index (χ0) is 71.3. The SMILES string of the molecule is N#Cc1c(-n2c3ccc(-c4ccccc4)cc3c3cc(-c4ccccc4)ccc32)c(-n2c3ccc(-c4ccccc4)cc3c3cc(-c4ccccc4)ccc32)c(-n2c3ccc(-c4ccccc4)cc3c3cc(-c4ccccc4)ccc32)c2oc3c(-c4nc(-c5ccccc5)cc(-c5ccccc5)n4)cccc3c12. The topological polar surface area (TPSA) is 77.5 Å². The van der Waals surface area contributed by atoms with E-state index in [1.807, 2.05) is 36.4 Å². The molecule has 0 aliphatic heterocycles. The van der Waals surface area contributed by atoms with E-state index in [9.17, 15) is 5.26 Å². The van der Waals surface area contributed by atoms with Crippen LogP contribution < -0.4 is 0 Å². The lowest BCUT2D eigenvalue weighted by molar-refractivity contribution is 0.666. The van der Waals surface area contributed by atoms with Gasteiger partial charge in [0.2, 0.25) is 0 Å². The molecular weight excluding hydrogens is 1310 g/mol. The van der Waals surface area contributed by atoms with Gasteiger partial charge in [-0.05, 0) is 152 Å². The number of fused-ring (bicyclic) bond motifs is 12. The van der Waals surface area contributed by atoms with E-state index in [-0.39, 0.29) is 0 Å². The lowest BCUT2D eigenvalue weighted by atomic mass is 9.99. The summed E-state index contributed by atoms with van der Waals surface area (Å²) in [5.74, 6) is 0.482. The van der Waals surface area contributed by atoms with Crippen molar-refractivity contribution in [1.82, 2.24) is 23.7 Å². The van der Waals surface area contributed by atoms with Crippen molar-refractivity contribution >= 4 is 87.4 Å². The Hall–Kier alpha value is -14.7. The van der Waals surface area contributed by atoms with Crippen molar-refractivity contribution in [2.75, 3.05) is 0 Å². The number of para-hydroxylation sites is 1. The normalized spacial score (nSPS) is 11.7. The van der Waals surface area contributed by atoms with Gasteiger partial charge in [-0.1, -0.05) is 291 Å². The first-order valence-corrected chi connectivity index (χ1v) is 36.6. The molecule has 0 spiro atoms. The number of benzene rings is 16. The molecule has 5 heterocycles. The van der Waals surface area contributed by atoms with Crippen LogP contribution in [0, 0.1) is 11.3 Å². The molecule has 16 aromatic carbocycles. The minimum atomic E-state index is 0.428. The Kier molecular flexibility index (Phi) is 14.5. The third-order valence-corrected chi connectivity index (χ3v) is 21.7. The molecule has 0 saturated heterocycles. The van der Waals surface area contributed by atoms with E-state index in [0.717, 1.165) is 171 Å². The number of rotatable bonds is 12. The molecule has 0 atom stereocenters. The summed E-state index contributed by atoms with van der Waals surface area (Å²) in [6, 6.07) is 137. The van der Waals surface area contributed by atoms with Crippen molar-refractivity contribution in [1.29, 1.82) is 5.26 Å². The summed E-state index contributed by atoms with van der Waals surface area (Å²) in [5, 5.41) is 20.8. The third kappa shape index (κ3) is 10.1. The highest BCUT2D eigenvalue weighted by atomic mass is 16.3. The zero-order valence-corrected chi connectivity index (χ0v) is 58.4. The molecule has 0 unspecified atom stereocenters. The van der Waals surface area contributed by atoms with Gasteiger partial charge >= 0.3 is 0 Å². The molecule has 21 rings (SSSR count). The smallest absolute Gasteiger partial charge is 0.164 e. The highest BCUT2D eigenvalue weighted by molar-refractivity contribution is 6.22. The van der Waals surface area contributed by atoms with Crippen LogP contribution in [0.15, 0.2) is 381 Å². The molecule has 0 saturated carbocycles. The fraction of sp³-hybridized carbons (Fsp3) is 0. The van der Waals surface area contributed by atoms with Crippen molar-refractivity contribution in [3.63, 3.8) is 0 Å². The van der Waals surface area contributed by atoms with Crippen LogP contribution in [-0.4, -0.2) is 23.7 Å². The number of nitriles is 1. The summed E-state index contributed by atoms with van der Waals surface area (Å²) < 4.78 is 15.4. The first kappa shape index (κ1) is 61.9. The van der Waals surface area contributed by atoms with E-state index in [0.29, 0.717) is 39.2 Å². The van der Waals surface area contributed by atoms with Crippen molar-refractivity contribution < 1.29 is 4.42 Å². The summed E-state index contributed by atoms with van der Waals surface area (Å²) >= 11 is 0. The Balaban J connectivity index is 0.993. The van der Waals surface area contributed by atoms with Gasteiger partial charge in [-0.15, -0.1) is 0 Å². The van der Waals surface area contributed by atoms with Crippen LogP contribution in [0.4, 0.5) is 0 Å². The van der Waals surface area contributed by atoms with Gasteiger partial charge in [-0.3, -0.25) is 0 Å². The molecule has 21 aromatic rings. The Morgan fingerprint density at radius 1 is 0.231 bits per heavy atom. The van der Waals surface area contributed by atoms with E-state index in [2.05, 4.69) is 359 Å². The van der Waals surface area contributed by atoms with Crippen molar-refractivity contribution in [3.05, 3.63) is 382 Å².